The second-order valence-corrected chi connectivity index (χ2v) is 9.48. The van der Waals surface area contributed by atoms with Crippen LogP contribution in [0.15, 0.2) is 47.4 Å². The number of amides is 1. The number of ether oxygens (including phenoxy) is 3. The van der Waals surface area contributed by atoms with Gasteiger partial charge in [-0.25, -0.2) is 13.2 Å². The summed E-state index contributed by atoms with van der Waals surface area (Å²) < 4.78 is 75.3. The van der Waals surface area contributed by atoms with Crippen molar-refractivity contribution in [3.8, 4) is 11.5 Å². The van der Waals surface area contributed by atoms with E-state index in [2.05, 4.69) is 10.0 Å². The number of hydrogen-bond acceptors (Lipinski definition) is 7. The molecule has 10 nitrogen and oxygen atoms in total. The molecule has 1 aliphatic rings. The Labute approximate surface area is 211 Å². The highest BCUT2D eigenvalue weighted by molar-refractivity contribution is 7.92. The van der Waals surface area contributed by atoms with Crippen molar-refractivity contribution < 1.29 is 50.5 Å². The van der Waals surface area contributed by atoms with Gasteiger partial charge in [-0.2, -0.15) is 13.2 Å². The van der Waals surface area contributed by atoms with Crippen LogP contribution in [-0.2, 0) is 29.8 Å². The van der Waals surface area contributed by atoms with Gasteiger partial charge >= 0.3 is 12.1 Å². The number of rotatable bonds is 10. The first-order valence-electron chi connectivity index (χ1n) is 10.7. The molecule has 204 valence electrons. The third-order valence-corrected chi connectivity index (χ3v) is 6.77. The molecule has 3 N–H and O–H groups in total. The standard InChI is InChI=1S/C21H26N2O6S.C2HF3O2/c1-27-13-12-22-20(24)21(10-11-21)15-4-6-16(7-5-15)23-30(25,26)19-14-17(28-2)8-9-18(19)29-3;3-2(4,5)1(6)7/h4-9,14,23H,10-13H2,1-3H3,(H,22,24);(H,6,7). The summed E-state index contributed by atoms with van der Waals surface area (Å²) in [6.07, 6.45) is -3.56. The molecule has 0 saturated heterocycles. The predicted molar refractivity (Wildman–Crippen MR) is 126 cm³/mol. The van der Waals surface area contributed by atoms with Crippen LogP contribution in [0.2, 0.25) is 0 Å². The fraction of sp³-hybridized carbons (Fsp3) is 0.391. The molecule has 37 heavy (non-hydrogen) atoms. The summed E-state index contributed by atoms with van der Waals surface area (Å²) in [6.45, 7) is 0.910. The van der Waals surface area contributed by atoms with Crippen molar-refractivity contribution in [2.24, 2.45) is 0 Å². The Morgan fingerprint density at radius 1 is 1.03 bits per heavy atom. The van der Waals surface area contributed by atoms with E-state index in [0.717, 1.165) is 18.4 Å². The molecule has 1 saturated carbocycles. The smallest absolute Gasteiger partial charge is 0.490 e. The highest BCUT2D eigenvalue weighted by atomic mass is 32.2. The Morgan fingerprint density at radius 2 is 1.62 bits per heavy atom. The van der Waals surface area contributed by atoms with Crippen LogP contribution in [0.1, 0.15) is 18.4 Å². The molecule has 2 aromatic carbocycles. The van der Waals surface area contributed by atoms with Gasteiger partial charge in [-0.1, -0.05) is 12.1 Å². The van der Waals surface area contributed by atoms with Crippen LogP contribution in [0, 0.1) is 0 Å². The largest absolute Gasteiger partial charge is 0.497 e. The molecule has 3 rings (SSSR count). The highest BCUT2D eigenvalue weighted by Gasteiger charge is 2.51. The van der Waals surface area contributed by atoms with E-state index in [-0.39, 0.29) is 16.6 Å². The van der Waals surface area contributed by atoms with Gasteiger partial charge in [-0.15, -0.1) is 0 Å². The molecular formula is C23H27F3N2O8S. The maximum Gasteiger partial charge on any atom is 0.490 e. The Balaban J connectivity index is 0.000000604. The quantitative estimate of drug-likeness (QED) is 0.385. The van der Waals surface area contributed by atoms with Crippen LogP contribution in [0.4, 0.5) is 18.9 Å². The minimum atomic E-state index is -5.08. The van der Waals surface area contributed by atoms with Crippen LogP contribution in [0.5, 0.6) is 11.5 Å². The van der Waals surface area contributed by atoms with Crippen LogP contribution >= 0.6 is 0 Å². The van der Waals surface area contributed by atoms with E-state index in [1.54, 1.807) is 37.4 Å². The summed E-state index contributed by atoms with van der Waals surface area (Å²) in [6, 6.07) is 11.4. The van der Waals surface area contributed by atoms with Crippen molar-refractivity contribution in [1.82, 2.24) is 5.32 Å². The SMILES string of the molecule is COCCNC(=O)C1(c2ccc(NS(=O)(=O)c3cc(OC)ccc3OC)cc2)CC1.O=C(O)C(F)(F)F. The van der Waals surface area contributed by atoms with Gasteiger partial charge < -0.3 is 24.6 Å². The molecule has 0 aromatic heterocycles. The first kappa shape index (κ1) is 29.7. The van der Waals surface area contributed by atoms with E-state index >= 15 is 0 Å². The summed E-state index contributed by atoms with van der Waals surface area (Å²) in [5, 5.41) is 10.0. The zero-order valence-electron chi connectivity index (χ0n) is 20.2. The summed E-state index contributed by atoms with van der Waals surface area (Å²) in [5.41, 5.74) is 0.708. The van der Waals surface area contributed by atoms with Crippen molar-refractivity contribution in [1.29, 1.82) is 0 Å². The van der Waals surface area contributed by atoms with Crippen LogP contribution in [0.25, 0.3) is 0 Å². The molecule has 2 aromatic rings. The number of aliphatic carboxylic acids is 1. The zero-order valence-corrected chi connectivity index (χ0v) is 21.0. The fourth-order valence-electron chi connectivity index (χ4n) is 3.27. The number of hydrogen-bond donors (Lipinski definition) is 3. The molecule has 0 atom stereocenters. The number of sulfonamides is 1. The van der Waals surface area contributed by atoms with E-state index < -0.39 is 27.6 Å². The lowest BCUT2D eigenvalue weighted by molar-refractivity contribution is -0.192. The molecule has 0 heterocycles. The summed E-state index contributed by atoms with van der Waals surface area (Å²) in [7, 11) is 0.549. The van der Waals surface area contributed by atoms with Gasteiger partial charge in [-0.3, -0.25) is 9.52 Å². The average molecular weight is 549 g/mol. The van der Waals surface area contributed by atoms with Crippen LogP contribution in [0.3, 0.4) is 0 Å². The lowest BCUT2D eigenvalue weighted by Crippen LogP contribution is -2.36. The van der Waals surface area contributed by atoms with E-state index in [9.17, 15) is 26.4 Å². The van der Waals surface area contributed by atoms with Gasteiger partial charge in [0.1, 0.15) is 16.4 Å². The molecule has 1 fully saturated rings. The monoisotopic (exact) mass is 548 g/mol. The van der Waals surface area contributed by atoms with Crippen molar-refractivity contribution in [3.05, 3.63) is 48.0 Å². The average Bonchev–Trinajstić information content (AvgIpc) is 3.66. The van der Waals surface area contributed by atoms with Crippen molar-refractivity contribution in [3.63, 3.8) is 0 Å². The predicted octanol–water partition coefficient (Wildman–Crippen LogP) is 2.93. The molecule has 0 spiro atoms. The van der Waals surface area contributed by atoms with Gasteiger partial charge in [-0.05, 0) is 42.7 Å². The number of benzene rings is 2. The number of anilines is 1. The van der Waals surface area contributed by atoms with Gasteiger partial charge in [0, 0.05) is 25.4 Å². The number of halogens is 3. The lowest BCUT2D eigenvalue weighted by Gasteiger charge is -2.17. The number of carbonyl (C=O) groups excluding carboxylic acids is 1. The van der Waals surface area contributed by atoms with E-state index in [4.69, 9.17) is 24.1 Å². The molecule has 1 amide bonds. The number of carbonyl (C=O) groups is 2. The molecule has 0 bridgehead atoms. The van der Waals surface area contributed by atoms with Gasteiger partial charge in [0.15, 0.2) is 0 Å². The fourth-order valence-corrected chi connectivity index (χ4v) is 4.51. The second kappa shape index (κ2) is 12.1. The lowest BCUT2D eigenvalue weighted by atomic mass is 9.95. The Kier molecular flexibility index (Phi) is 9.75. The maximum atomic E-state index is 12.9. The molecule has 0 radical (unpaired) electrons. The van der Waals surface area contributed by atoms with Gasteiger partial charge in [0.25, 0.3) is 10.0 Å². The Morgan fingerprint density at radius 3 is 2.08 bits per heavy atom. The topological polar surface area (TPSA) is 140 Å². The first-order valence-corrected chi connectivity index (χ1v) is 12.2. The highest BCUT2D eigenvalue weighted by Crippen LogP contribution is 2.48. The number of methoxy groups -OCH3 is 3. The summed E-state index contributed by atoms with van der Waals surface area (Å²) >= 11 is 0. The third-order valence-electron chi connectivity index (χ3n) is 5.37. The minimum absolute atomic E-state index is 0.0235. The maximum absolute atomic E-state index is 12.9. The third kappa shape index (κ3) is 7.73. The summed E-state index contributed by atoms with van der Waals surface area (Å²) in [5.74, 6) is -2.17. The van der Waals surface area contributed by atoms with Gasteiger partial charge in [0.05, 0.1) is 26.2 Å². The normalized spacial score (nSPS) is 14.0. The molecule has 14 heteroatoms. The van der Waals surface area contributed by atoms with Crippen LogP contribution < -0.4 is 19.5 Å². The van der Waals surface area contributed by atoms with E-state index in [0.29, 0.717) is 24.6 Å². The molecule has 0 unspecified atom stereocenters. The van der Waals surface area contributed by atoms with Crippen LogP contribution in [-0.4, -0.2) is 66.1 Å². The molecule has 1 aliphatic carbocycles. The van der Waals surface area contributed by atoms with E-state index in [1.165, 1.54) is 26.4 Å². The molecule has 0 aliphatic heterocycles. The Bertz CT molecular complexity index is 1200. The molecular weight excluding hydrogens is 521 g/mol. The van der Waals surface area contributed by atoms with Crippen molar-refractivity contribution in [2.45, 2.75) is 29.3 Å². The van der Waals surface area contributed by atoms with Crippen molar-refractivity contribution in [2.75, 3.05) is 39.2 Å². The van der Waals surface area contributed by atoms with Crippen molar-refractivity contribution >= 4 is 27.6 Å². The van der Waals surface area contributed by atoms with E-state index in [1.807, 2.05) is 0 Å². The number of carboxylic acids is 1. The number of nitrogens with one attached hydrogen (secondary N) is 2. The van der Waals surface area contributed by atoms with Gasteiger partial charge in [0.2, 0.25) is 5.91 Å². The summed E-state index contributed by atoms with van der Waals surface area (Å²) in [4.78, 5) is 21.4. The second-order valence-electron chi connectivity index (χ2n) is 7.83. The Hall–Kier alpha value is -3.52. The minimum Gasteiger partial charge on any atom is -0.497 e. The number of carboxylic acid groups (broad SMARTS) is 1. The first-order chi connectivity index (χ1) is 17.3. The number of alkyl halides is 3. The zero-order chi connectivity index (χ0) is 27.9.